The summed E-state index contributed by atoms with van der Waals surface area (Å²) in [6.45, 7) is 4.55. The second-order valence-corrected chi connectivity index (χ2v) is 4.28. The van der Waals surface area contributed by atoms with Crippen molar-refractivity contribution in [3.63, 3.8) is 0 Å². The molecule has 7 nitrogen and oxygen atoms in total. The lowest BCUT2D eigenvalue weighted by molar-refractivity contribution is -0.127. The number of H-pyrrole nitrogens is 1. The Morgan fingerprint density at radius 3 is 2.94 bits per heavy atom. The molecule has 1 atom stereocenters. The number of carbonyl (C=O) groups is 2. The van der Waals surface area contributed by atoms with Crippen LogP contribution in [0.4, 0.5) is 5.69 Å². The van der Waals surface area contributed by atoms with Crippen molar-refractivity contribution in [2.75, 3.05) is 18.8 Å². The third-order valence-corrected chi connectivity index (χ3v) is 3.20. The number of carbonyl (C=O) groups excluding carboxylic acids is 2. The molecule has 2 heterocycles. The average molecular weight is 251 g/mol. The predicted molar refractivity (Wildman–Crippen MR) is 65.9 cm³/mol. The quantitative estimate of drug-likeness (QED) is 0.660. The van der Waals surface area contributed by atoms with Crippen LogP contribution >= 0.6 is 0 Å². The van der Waals surface area contributed by atoms with E-state index in [2.05, 4.69) is 15.5 Å². The minimum absolute atomic E-state index is 0.153. The van der Waals surface area contributed by atoms with Gasteiger partial charge in [0.2, 0.25) is 5.91 Å². The van der Waals surface area contributed by atoms with E-state index in [1.54, 1.807) is 6.92 Å². The Kier molecular flexibility index (Phi) is 3.22. The average Bonchev–Trinajstić information content (AvgIpc) is 2.73. The number of piperazine rings is 1. The first-order valence-electron chi connectivity index (χ1n) is 5.97. The smallest absolute Gasteiger partial charge is 0.277 e. The summed E-state index contributed by atoms with van der Waals surface area (Å²) < 4.78 is 0. The molecule has 7 heteroatoms. The number of nitrogens with zero attached hydrogens (tertiary/aromatic N) is 2. The Balaban J connectivity index is 2.25. The third kappa shape index (κ3) is 1.92. The van der Waals surface area contributed by atoms with E-state index in [0.717, 1.165) is 5.69 Å². The molecule has 1 aliphatic rings. The van der Waals surface area contributed by atoms with Crippen LogP contribution in [0, 0.1) is 0 Å². The van der Waals surface area contributed by atoms with Crippen molar-refractivity contribution in [3.8, 4) is 0 Å². The highest BCUT2D eigenvalue weighted by molar-refractivity contribution is 6.00. The Morgan fingerprint density at radius 2 is 2.33 bits per heavy atom. The van der Waals surface area contributed by atoms with Gasteiger partial charge in [0.05, 0.1) is 11.4 Å². The summed E-state index contributed by atoms with van der Waals surface area (Å²) in [5, 5.41) is 9.40. The summed E-state index contributed by atoms with van der Waals surface area (Å²) in [7, 11) is 0. The van der Waals surface area contributed by atoms with Crippen LogP contribution in [0.2, 0.25) is 0 Å². The minimum atomic E-state index is -0.493. The van der Waals surface area contributed by atoms with Gasteiger partial charge in [-0.15, -0.1) is 0 Å². The maximum absolute atomic E-state index is 12.3. The van der Waals surface area contributed by atoms with Crippen molar-refractivity contribution in [1.29, 1.82) is 0 Å². The van der Waals surface area contributed by atoms with E-state index >= 15 is 0 Å². The Hall–Kier alpha value is -2.05. The Labute approximate surface area is 105 Å². The lowest BCUT2D eigenvalue weighted by Gasteiger charge is -2.32. The molecule has 1 saturated heterocycles. The van der Waals surface area contributed by atoms with Crippen LogP contribution < -0.4 is 11.1 Å². The summed E-state index contributed by atoms with van der Waals surface area (Å²) in [5.41, 5.74) is 7.18. The van der Waals surface area contributed by atoms with Gasteiger partial charge in [-0.25, -0.2) is 0 Å². The van der Waals surface area contributed by atoms with Gasteiger partial charge in [-0.2, -0.15) is 5.10 Å². The van der Waals surface area contributed by atoms with Crippen LogP contribution in [0.25, 0.3) is 0 Å². The molecule has 1 unspecified atom stereocenters. The topological polar surface area (TPSA) is 104 Å². The number of amides is 2. The predicted octanol–water partition coefficient (Wildman–Crippen LogP) is -0.485. The molecule has 4 N–H and O–H groups in total. The van der Waals surface area contributed by atoms with Gasteiger partial charge in [0.25, 0.3) is 5.91 Å². The van der Waals surface area contributed by atoms with Crippen LogP contribution in [0.5, 0.6) is 0 Å². The molecule has 2 rings (SSSR count). The van der Waals surface area contributed by atoms with Crippen molar-refractivity contribution in [3.05, 3.63) is 11.4 Å². The van der Waals surface area contributed by atoms with Crippen LogP contribution in [0.15, 0.2) is 0 Å². The molecule has 98 valence electrons. The van der Waals surface area contributed by atoms with Gasteiger partial charge in [0, 0.05) is 13.1 Å². The molecule has 0 spiro atoms. The zero-order chi connectivity index (χ0) is 13.3. The number of aromatic nitrogens is 2. The highest BCUT2D eigenvalue weighted by Gasteiger charge is 2.32. The number of nitrogen functional groups attached to an aromatic ring is 1. The van der Waals surface area contributed by atoms with Crippen molar-refractivity contribution in [1.82, 2.24) is 20.4 Å². The molecule has 0 saturated carbocycles. The highest BCUT2D eigenvalue weighted by Crippen LogP contribution is 2.18. The molecule has 1 aromatic rings. The number of hydrogen-bond acceptors (Lipinski definition) is 4. The van der Waals surface area contributed by atoms with Crippen molar-refractivity contribution in [2.24, 2.45) is 0 Å². The molecular formula is C11H17N5O2. The summed E-state index contributed by atoms with van der Waals surface area (Å²) in [5.74, 6) is -0.453. The molecule has 1 aromatic heterocycles. The van der Waals surface area contributed by atoms with Gasteiger partial charge in [-0.05, 0) is 13.3 Å². The van der Waals surface area contributed by atoms with Crippen LogP contribution in [-0.4, -0.2) is 46.0 Å². The third-order valence-electron chi connectivity index (χ3n) is 3.20. The molecule has 1 aliphatic heterocycles. The Bertz CT molecular complexity index is 482. The fourth-order valence-electron chi connectivity index (χ4n) is 2.02. The maximum Gasteiger partial charge on any atom is 0.277 e. The van der Waals surface area contributed by atoms with E-state index in [9.17, 15) is 9.59 Å². The maximum atomic E-state index is 12.3. The Morgan fingerprint density at radius 1 is 1.61 bits per heavy atom. The molecule has 0 radical (unpaired) electrons. The lowest BCUT2D eigenvalue weighted by atomic mass is 10.1. The zero-order valence-corrected chi connectivity index (χ0v) is 10.5. The van der Waals surface area contributed by atoms with Crippen molar-refractivity contribution < 1.29 is 9.59 Å². The SMILES string of the molecule is CCc1[nH]nc(C(=O)N2CCNC(=O)C2C)c1N. The van der Waals surface area contributed by atoms with Crippen molar-refractivity contribution in [2.45, 2.75) is 26.3 Å². The van der Waals surface area contributed by atoms with Crippen molar-refractivity contribution >= 4 is 17.5 Å². The largest absolute Gasteiger partial charge is 0.395 e. The monoisotopic (exact) mass is 251 g/mol. The van der Waals surface area contributed by atoms with Gasteiger partial charge in [-0.1, -0.05) is 6.92 Å². The molecule has 0 aromatic carbocycles. The van der Waals surface area contributed by atoms with E-state index in [1.807, 2.05) is 6.92 Å². The lowest BCUT2D eigenvalue weighted by Crippen LogP contribution is -2.56. The second kappa shape index (κ2) is 4.67. The second-order valence-electron chi connectivity index (χ2n) is 4.28. The fourth-order valence-corrected chi connectivity index (χ4v) is 2.02. The molecule has 1 fully saturated rings. The summed E-state index contributed by atoms with van der Waals surface area (Å²) >= 11 is 0. The number of hydrogen-bond donors (Lipinski definition) is 3. The normalized spacial score (nSPS) is 19.8. The number of aromatic amines is 1. The first-order valence-corrected chi connectivity index (χ1v) is 5.97. The first-order chi connectivity index (χ1) is 8.56. The number of nitrogens with one attached hydrogen (secondary N) is 2. The van der Waals surface area contributed by atoms with E-state index in [0.29, 0.717) is 25.2 Å². The molecule has 0 bridgehead atoms. The van der Waals surface area contributed by atoms with E-state index < -0.39 is 6.04 Å². The minimum Gasteiger partial charge on any atom is -0.395 e. The van der Waals surface area contributed by atoms with Gasteiger partial charge in [0.1, 0.15) is 6.04 Å². The van der Waals surface area contributed by atoms with Gasteiger partial charge < -0.3 is 16.0 Å². The van der Waals surface area contributed by atoms with Gasteiger partial charge in [-0.3, -0.25) is 14.7 Å². The van der Waals surface area contributed by atoms with E-state index in [1.165, 1.54) is 4.90 Å². The number of rotatable bonds is 2. The van der Waals surface area contributed by atoms with Crippen LogP contribution in [0.1, 0.15) is 30.0 Å². The molecule has 2 amide bonds. The zero-order valence-electron chi connectivity index (χ0n) is 10.5. The van der Waals surface area contributed by atoms with E-state index in [4.69, 9.17) is 5.73 Å². The van der Waals surface area contributed by atoms with Gasteiger partial charge >= 0.3 is 0 Å². The summed E-state index contributed by atoms with van der Waals surface area (Å²) in [6.07, 6.45) is 0.683. The molecule has 18 heavy (non-hydrogen) atoms. The number of nitrogens with two attached hydrogens (primary N) is 1. The van der Waals surface area contributed by atoms with Gasteiger partial charge in [0.15, 0.2) is 5.69 Å². The number of aryl methyl sites for hydroxylation is 1. The summed E-state index contributed by atoms with van der Waals surface area (Å²) in [6, 6.07) is -0.493. The highest BCUT2D eigenvalue weighted by atomic mass is 16.2. The van der Waals surface area contributed by atoms with Crippen LogP contribution in [-0.2, 0) is 11.2 Å². The fraction of sp³-hybridized carbons (Fsp3) is 0.545. The van der Waals surface area contributed by atoms with E-state index in [-0.39, 0.29) is 17.5 Å². The standard InChI is InChI=1S/C11H17N5O2/c1-3-7-8(12)9(15-14-7)11(18)16-5-4-13-10(17)6(16)2/h6H,3-5,12H2,1-2H3,(H,13,17)(H,14,15). The first kappa shape index (κ1) is 12.4. The van der Waals surface area contributed by atoms with Crippen LogP contribution in [0.3, 0.4) is 0 Å². The number of anilines is 1. The summed E-state index contributed by atoms with van der Waals surface area (Å²) in [4.78, 5) is 25.3. The molecular weight excluding hydrogens is 234 g/mol. The molecule has 0 aliphatic carbocycles.